The first-order valence-corrected chi connectivity index (χ1v) is 2.54. The highest BCUT2D eigenvalue weighted by Crippen LogP contribution is 2.02. The zero-order valence-electron chi connectivity index (χ0n) is 3.73. The van der Waals surface area contributed by atoms with Crippen LogP contribution in [0.25, 0.3) is 0 Å². The number of rotatable bonds is 0. The monoisotopic (exact) mass is 150 g/mol. The topological polar surface area (TPSA) is 27.6 Å². The minimum atomic E-state index is 0.374. The summed E-state index contributed by atoms with van der Waals surface area (Å²) >= 11 is 10.7. The van der Waals surface area contributed by atoms with Gasteiger partial charge in [0.1, 0.15) is 6.20 Å². The lowest BCUT2D eigenvalue weighted by atomic mass is 10.6. The number of nitrogens with zero attached hydrogens (tertiary/aromatic N) is 2. The van der Waals surface area contributed by atoms with E-state index in [1.54, 1.807) is 0 Å². The van der Waals surface area contributed by atoms with E-state index in [0.29, 0.717) is 5.03 Å². The van der Waals surface area contributed by atoms with Crippen LogP contribution in [0.15, 0.2) is 10.1 Å². The van der Waals surface area contributed by atoms with E-state index in [4.69, 9.17) is 23.4 Å². The number of nitrogens with one attached hydrogen (secondary N) is 1. The van der Waals surface area contributed by atoms with E-state index >= 15 is 0 Å². The number of hydrogen-bond acceptors (Lipinski definition) is 3. The van der Waals surface area contributed by atoms with Crippen molar-refractivity contribution in [3.05, 3.63) is 11.2 Å². The van der Waals surface area contributed by atoms with Gasteiger partial charge in [-0.25, -0.2) is 5.53 Å². The summed E-state index contributed by atoms with van der Waals surface area (Å²) in [6.07, 6.45) is 3.90. The minimum absolute atomic E-state index is 0.374. The first-order chi connectivity index (χ1) is 3.79. The molecule has 0 unspecified atom stereocenters. The molecule has 0 aliphatic carbocycles. The quantitative estimate of drug-likeness (QED) is 0.519. The normalized spacial score (nSPS) is 17.8. The van der Waals surface area contributed by atoms with Gasteiger partial charge in [-0.15, -0.1) is 0 Å². The van der Waals surface area contributed by atoms with E-state index in [1.165, 1.54) is 6.21 Å². The SMILES string of the molecule is ClC1=[C]N(Cl)NN=C1. The Bertz CT molecular complexity index is 141. The summed E-state index contributed by atoms with van der Waals surface area (Å²) in [6, 6.07) is 0. The molecule has 0 amide bonds. The summed E-state index contributed by atoms with van der Waals surface area (Å²) < 4.78 is 1.02. The summed E-state index contributed by atoms with van der Waals surface area (Å²) in [6.45, 7) is 0. The fourth-order valence-electron chi connectivity index (χ4n) is 0.284. The van der Waals surface area contributed by atoms with Crippen LogP contribution in [-0.4, -0.2) is 10.7 Å². The lowest BCUT2D eigenvalue weighted by molar-refractivity contribution is 0.433. The lowest BCUT2D eigenvalue weighted by Gasteiger charge is -2.10. The van der Waals surface area contributed by atoms with Gasteiger partial charge in [-0.1, -0.05) is 11.6 Å². The molecule has 1 aliphatic rings. The first kappa shape index (κ1) is 5.72. The van der Waals surface area contributed by atoms with Gasteiger partial charge in [-0.3, -0.25) is 0 Å². The molecular weight excluding hydrogens is 149 g/mol. The van der Waals surface area contributed by atoms with Crippen molar-refractivity contribution in [3.63, 3.8) is 0 Å². The highest BCUT2D eigenvalue weighted by molar-refractivity contribution is 6.39. The zero-order chi connectivity index (χ0) is 5.98. The Morgan fingerprint density at radius 1 is 1.88 bits per heavy atom. The molecule has 8 heavy (non-hydrogen) atoms. The molecule has 1 aliphatic heterocycles. The van der Waals surface area contributed by atoms with Crippen molar-refractivity contribution in [1.82, 2.24) is 10.1 Å². The molecule has 43 valence electrons. The van der Waals surface area contributed by atoms with E-state index in [1.807, 2.05) is 0 Å². The maximum absolute atomic E-state index is 5.40. The number of hydrogen-bond donors (Lipinski definition) is 1. The Morgan fingerprint density at radius 2 is 2.62 bits per heavy atom. The van der Waals surface area contributed by atoms with E-state index in [9.17, 15) is 0 Å². The molecular formula is C3H2Cl2N3. The first-order valence-electron chi connectivity index (χ1n) is 1.83. The smallest absolute Gasteiger partial charge is 0.126 e. The third-order valence-corrected chi connectivity index (χ3v) is 0.871. The molecule has 1 heterocycles. The predicted molar refractivity (Wildman–Crippen MR) is 31.9 cm³/mol. The molecule has 5 heteroatoms. The average Bonchev–Trinajstić information content (AvgIpc) is 1.64. The minimum Gasteiger partial charge on any atom is -0.203 e. The molecule has 0 fully saturated rings. The van der Waals surface area contributed by atoms with Gasteiger partial charge in [0.25, 0.3) is 0 Å². The number of hydrazone groups is 1. The van der Waals surface area contributed by atoms with Crippen LogP contribution in [0.1, 0.15) is 0 Å². The fourth-order valence-corrected chi connectivity index (χ4v) is 0.595. The van der Waals surface area contributed by atoms with Crippen LogP contribution in [0.2, 0.25) is 0 Å². The largest absolute Gasteiger partial charge is 0.203 e. The Labute approximate surface area is 56.6 Å². The molecule has 0 saturated heterocycles. The maximum atomic E-state index is 5.40. The van der Waals surface area contributed by atoms with Crippen molar-refractivity contribution in [2.45, 2.75) is 0 Å². The fraction of sp³-hybridized carbons (Fsp3) is 0. The molecule has 0 bridgehead atoms. The predicted octanol–water partition coefficient (Wildman–Crippen LogP) is 0.830. The number of allylic oxidation sites excluding steroid dienone is 1. The second kappa shape index (κ2) is 2.24. The third kappa shape index (κ3) is 1.28. The third-order valence-electron chi connectivity index (χ3n) is 0.528. The summed E-state index contributed by atoms with van der Waals surface area (Å²) in [5.74, 6) is 0. The van der Waals surface area contributed by atoms with Gasteiger partial charge >= 0.3 is 0 Å². The zero-order valence-corrected chi connectivity index (χ0v) is 5.24. The van der Waals surface area contributed by atoms with Gasteiger partial charge < -0.3 is 0 Å². The average molecular weight is 151 g/mol. The molecule has 1 rings (SSSR count). The van der Waals surface area contributed by atoms with Crippen molar-refractivity contribution in [2.75, 3.05) is 0 Å². The molecule has 0 spiro atoms. The van der Waals surface area contributed by atoms with Crippen LogP contribution >= 0.6 is 23.4 Å². The van der Waals surface area contributed by atoms with Gasteiger partial charge in [-0.2, -0.15) is 9.63 Å². The van der Waals surface area contributed by atoms with Crippen LogP contribution in [0, 0.1) is 6.20 Å². The second-order valence-electron chi connectivity index (χ2n) is 1.10. The number of hydrazine groups is 1. The Kier molecular flexibility index (Phi) is 1.60. The van der Waals surface area contributed by atoms with Gasteiger partial charge in [-0.05, 0) is 0 Å². The maximum Gasteiger partial charge on any atom is 0.126 e. The van der Waals surface area contributed by atoms with E-state index in [-0.39, 0.29) is 0 Å². The van der Waals surface area contributed by atoms with Crippen LogP contribution in [0.5, 0.6) is 0 Å². The van der Waals surface area contributed by atoms with Gasteiger partial charge in [0.05, 0.1) is 11.2 Å². The van der Waals surface area contributed by atoms with Crippen LogP contribution in [0.3, 0.4) is 0 Å². The highest BCUT2D eigenvalue weighted by atomic mass is 35.5. The van der Waals surface area contributed by atoms with Crippen molar-refractivity contribution < 1.29 is 0 Å². The summed E-state index contributed by atoms with van der Waals surface area (Å²) in [4.78, 5) is 0. The van der Waals surface area contributed by atoms with Crippen molar-refractivity contribution in [2.24, 2.45) is 5.10 Å². The standard InChI is InChI=1S/C3H2Cl2N3/c4-3-1-6-7-8(5)2-3/h1,7H. The molecule has 0 aromatic heterocycles. The van der Waals surface area contributed by atoms with Crippen LogP contribution in [-0.2, 0) is 0 Å². The van der Waals surface area contributed by atoms with Crippen LogP contribution in [0.4, 0.5) is 0 Å². The van der Waals surface area contributed by atoms with Gasteiger partial charge in [0.15, 0.2) is 0 Å². The van der Waals surface area contributed by atoms with Crippen LogP contribution < -0.4 is 5.53 Å². The Morgan fingerprint density at radius 3 is 3.00 bits per heavy atom. The van der Waals surface area contributed by atoms with Crippen molar-refractivity contribution >= 4 is 29.6 Å². The lowest BCUT2D eigenvalue weighted by Crippen LogP contribution is -2.22. The molecule has 1 radical (unpaired) electrons. The molecule has 0 atom stereocenters. The van der Waals surface area contributed by atoms with Gasteiger partial charge in [0.2, 0.25) is 0 Å². The molecule has 0 aromatic carbocycles. The molecule has 1 N–H and O–H groups in total. The molecule has 0 aromatic rings. The summed E-state index contributed by atoms with van der Waals surface area (Å²) in [5.41, 5.74) is 2.36. The molecule has 3 nitrogen and oxygen atoms in total. The second-order valence-corrected chi connectivity index (χ2v) is 1.84. The highest BCUT2D eigenvalue weighted by Gasteiger charge is 1.98. The Hall–Kier alpha value is -0.410. The van der Waals surface area contributed by atoms with Crippen molar-refractivity contribution in [1.29, 1.82) is 0 Å². The van der Waals surface area contributed by atoms with E-state index in [0.717, 1.165) is 4.53 Å². The van der Waals surface area contributed by atoms with Gasteiger partial charge in [0, 0.05) is 11.8 Å². The number of halogens is 2. The Balaban J connectivity index is 2.63. The van der Waals surface area contributed by atoms with Crippen molar-refractivity contribution in [3.8, 4) is 0 Å². The summed E-state index contributed by atoms with van der Waals surface area (Å²) in [5, 5.41) is 3.90. The summed E-state index contributed by atoms with van der Waals surface area (Å²) in [7, 11) is 0. The van der Waals surface area contributed by atoms with E-state index < -0.39 is 0 Å². The molecule has 0 saturated carbocycles. The van der Waals surface area contributed by atoms with E-state index in [2.05, 4.69) is 16.8 Å².